The third kappa shape index (κ3) is 1.78. The number of hydrogen-bond donors (Lipinski definition) is 1. The van der Waals surface area contributed by atoms with Crippen molar-refractivity contribution in [3.05, 3.63) is 66.1 Å². The fourth-order valence-corrected chi connectivity index (χ4v) is 2.04. The van der Waals surface area contributed by atoms with Crippen molar-refractivity contribution >= 4 is 10.8 Å². The number of aromatic hydroxyl groups is 1. The summed E-state index contributed by atoms with van der Waals surface area (Å²) in [5.41, 5.74) is 0.888. The Labute approximate surface area is 99.1 Å². The Kier molecular flexibility index (Phi) is 2.33. The number of phenolic OH excluding ortho intramolecular Hbond substituents is 1. The van der Waals surface area contributed by atoms with E-state index in [4.69, 9.17) is 4.42 Å². The molecule has 0 spiro atoms. The van der Waals surface area contributed by atoms with Crippen LogP contribution in [0.2, 0.25) is 0 Å². The maximum absolute atomic E-state index is 10.2. The van der Waals surface area contributed by atoms with Crippen molar-refractivity contribution in [2.45, 2.75) is 6.42 Å². The van der Waals surface area contributed by atoms with Crippen LogP contribution in [-0.4, -0.2) is 5.11 Å². The van der Waals surface area contributed by atoms with Crippen molar-refractivity contribution in [1.82, 2.24) is 0 Å². The van der Waals surface area contributed by atoms with Gasteiger partial charge in [-0.05, 0) is 17.5 Å². The van der Waals surface area contributed by atoms with Crippen LogP contribution in [0.5, 0.6) is 5.75 Å². The molecule has 0 aliphatic heterocycles. The quantitative estimate of drug-likeness (QED) is 0.719. The van der Waals surface area contributed by atoms with E-state index in [1.807, 2.05) is 48.5 Å². The van der Waals surface area contributed by atoms with Crippen LogP contribution in [-0.2, 0) is 6.42 Å². The summed E-state index contributed by atoms with van der Waals surface area (Å²) in [5, 5.41) is 12.1. The van der Waals surface area contributed by atoms with E-state index in [9.17, 15) is 5.11 Å². The number of fused-ring (bicyclic) bond motifs is 1. The summed E-state index contributed by atoms with van der Waals surface area (Å²) in [6.45, 7) is 0. The van der Waals surface area contributed by atoms with E-state index in [1.165, 1.54) is 0 Å². The van der Waals surface area contributed by atoms with Crippen LogP contribution in [0.1, 0.15) is 11.3 Å². The minimum absolute atomic E-state index is 0.347. The molecule has 0 aliphatic carbocycles. The summed E-state index contributed by atoms with van der Waals surface area (Å²) >= 11 is 0. The molecule has 2 nitrogen and oxygen atoms in total. The molecule has 0 saturated heterocycles. The van der Waals surface area contributed by atoms with Gasteiger partial charge in [-0.25, -0.2) is 0 Å². The molecule has 3 aromatic rings. The highest BCUT2D eigenvalue weighted by atomic mass is 16.3. The Hall–Kier alpha value is -2.22. The van der Waals surface area contributed by atoms with Crippen LogP contribution < -0.4 is 0 Å². The molecule has 0 atom stereocenters. The molecule has 0 bridgehead atoms. The van der Waals surface area contributed by atoms with Crippen LogP contribution >= 0.6 is 0 Å². The molecule has 0 unspecified atom stereocenters. The van der Waals surface area contributed by atoms with Gasteiger partial charge in [-0.1, -0.05) is 36.4 Å². The molecule has 0 radical (unpaired) electrons. The Balaban J connectivity index is 2.09. The number of hydrogen-bond acceptors (Lipinski definition) is 2. The Morgan fingerprint density at radius 3 is 2.65 bits per heavy atom. The molecule has 0 saturated carbocycles. The van der Waals surface area contributed by atoms with Crippen LogP contribution in [0.15, 0.2) is 59.2 Å². The fourth-order valence-electron chi connectivity index (χ4n) is 2.04. The van der Waals surface area contributed by atoms with E-state index in [0.29, 0.717) is 12.2 Å². The van der Waals surface area contributed by atoms with E-state index < -0.39 is 0 Å². The largest absolute Gasteiger partial charge is 0.507 e. The predicted octanol–water partition coefficient (Wildman–Crippen LogP) is 3.73. The number of benzene rings is 2. The van der Waals surface area contributed by atoms with E-state index in [1.54, 1.807) is 6.26 Å². The number of furan rings is 1. The lowest BCUT2D eigenvalue weighted by molar-refractivity contribution is 0.469. The van der Waals surface area contributed by atoms with Crippen LogP contribution in [0.25, 0.3) is 10.8 Å². The van der Waals surface area contributed by atoms with E-state index >= 15 is 0 Å². The van der Waals surface area contributed by atoms with Gasteiger partial charge in [0, 0.05) is 17.4 Å². The molecule has 17 heavy (non-hydrogen) atoms. The number of phenols is 1. The van der Waals surface area contributed by atoms with Crippen LogP contribution in [0.4, 0.5) is 0 Å². The van der Waals surface area contributed by atoms with Gasteiger partial charge in [-0.15, -0.1) is 0 Å². The highest BCUT2D eigenvalue weighted by molar-refractivity contribution is 5.89. The van der Waals surface area contributed by atoms with E-state index in [-0.39, 0.29) is 0 Å². The SMILES string of the molecule is Oc1c(Cc2ccco2)ccc2ccccc12. The van der Waals surface area contributed by atoms with Gasteiger partial charge in [0.15, 0.2) is 0 Å². The minimum Gasteiger partial charge on any atom is -0.507 e. The third-order valence-electron chi connectivity index (χ3n) is 2.93. The van der Waals surface area contributed by atoms with Crippen molar-refractivity contribution in [3.8, 4) is 5.75 Å². The smallest absolute Gasteiger partial charge is 0.127 e. The second-order valence-corrected chi connectivity index (χ2v) is 4.05. The summed E-state index contributed by atoms with van der Waals surface area (Å²) in [5.74, 6) is 1.20. The molecule has 0 aliphatic rings. The van der Waals surface area contributed by atoms with Crippen molar-refractivity contribution in [2.75, 3.05) is 0 Å². The molecule has 2 aromatic carbocycles. The first-order valence-electron chi connectivity index (χ1n) is 5.56. The summed E-state index contributed by atoms with van der Waals surface area (Å²) < 4.78 is 5.29. The Morgan fingerprint density at radius 2 is 1.82 bits per heavy atom. The van der Waals surface area contributed by atoms with Gasteiger partial charge in [0.2, 0.25) is 0 Å². The monoisotopic (exact) mass is 224 g/mol. The summed E-state index contributed by atoms with van der Waals surface area (Å²) in [6.07, 6.45) is 2.26. The van der Waals surface area contributed by atoms with Gasteiger partial charge < -0.3 is 9.52 Å². The zero-order chi connectivity index (χ0) is 11.7. The molecule has 1 N–H and O–H groups in total. The minimum atomic E-state index is 0.347. The summed E-state index contributed by atoms with van der Waals surface area (Å²) in [7, 11) is 0. The topological polar surface area (TPSA) is 33.4 Å². The average molecular weight is 224 g/mol. The molecule has 84 valence electrons. The van der Waals surface area contributed by atoms with Gasteiger partial charge in [0.25, 0.3) is 0 Å². The first-order chi connectivity index (χ1) is 8.34. The van der Waals surface area contributed by atoms with Crippen molar-refractivity contribution in [3.63, 3.8) is 0 Å². The van der Waals surface area contributed by atoms with E-state index in [2.05, 4.69) is 0 Å². The third-order valence-corrected chi connectivity index (χ3v) is 2.93. The van der Waals surface area contributed by atoms with Crippen LogP contribution in [0.3, 0.4) is 0 Å². The van der Waals surface area contributed by atoms with Crippen LogP contribution in [0, 0.1) is 0 Å². The first-order valence-corrected chi connectivity index (χ1v) is 5.56. The van der Waals surface area contributed by atoms with Crippen molar-refractivity contribution in [1.29, 1.82) is 0 Å². The highest BCUT2D eigenvalue weighted by Gasteiger charge is 2.07. The van der Waals surface area contributed by atoms with Gasteiger partial charge in [-0.2, -0.15) is 0 Å². The van der Waals surface area contributed by atoms with Crippen molar-refractivity contribution < 1.29 is 9.52 Å². The van der Waals surface area contributed by atoms with Crippen molar-refractivity contribution in [2.24, 2.45) is 0 Å². The zero-order valence-corrected chi connectivity index (χ0v) is 9.26. The second-order valence-electron chi connectivity index (χ2n) is 4.05. The lowest BCUT2D eigenvalue weighted by Crippen LogP contribution is -1.87. The predicted molar refractivity (Wildman–Crippen MR) is 67.1 cm³/mol. The molecule has 3 rings (SSSR count). The van der Waals surface area contributed by atoms with Gasteiger partial charge in [0.1, 0.15) is 11.5 Å². The summed E-state index contributed by atoms with van der Waals surface area (Å²) in [6, 6.07) is 15.5. The summed E-state index contributed by atoms with van der Waals surface area (Å²) in [4.78, 5) is 0. The Morgan fingerprint density at radius 1 is 0.941 bits per heavy atom. The van der Waals surface area contributed by atoms with Gasteiger partial charge in [0.05, 0.1) is 6.26 Å². The first kappa shape index (κ1) is 9.97. The maximum atomic E-state index is 10.2. The molecule has 2 heteroatoms. The second kappa shape index (κ2) is 3.98. The average Bonchev–Trinajstić information content (AvgIpc) is 2.86. The lowest BCUT2D eigenvalue weighted by atomic mass is 10.0. The number of rotatable bonds is 2. The molecule has 0 amide bonds. The normalized spacial score (nSPS) is 10.8. The van der Waals surface area contributed by atoms with Gasteiger partial charge >= 0.3 is 0 Å². The molecule has 1 aromatic heterocycles. The molecular weight excluding hydrogens is 212 g/mol. The zero-order valence-electron chi connectivity index (χ0n) is 9.26. The van der Waals surface area contributed by atoms with Gasteiger partial charge in [-0.3, -0.25) is 0 Å². The lowest BCUT2D eigenvalue weighted by Gasteiger charge is -2.06. The molecular formula is C15H12O2. The maximum Gasteiger partial charge on any atom is 0.127 e. The molecule has 1 heterocycles. The Bertz CT molecular complexity index is 639. The standard InChI is InChI=1S/C15H12O2/c16-15-12(10-13-5-3-9-17-13)8-7-11-4-1-2-6-14(11)15/h1-9,16H,10H2. The fraction of sp³-hybridized carbons (Fsp3) is 0.0667. The van der Waals surface area contributed by atoms with E-state index in [0.717, 1.165) is 22.1 Å². The molecule has 0 fully saturated rings. The highest BCUT2D eigenvalue weighted by Crippen LogP contribution is 2.30.